The molecule has 1 aliphatic carbocycles. The van der Waals surface area contributed by atoms with Gasteiger partial charge in [-0.2, -0.15) is 11.8 Å². The summed E-state index contributed by atoms with van der Waals surface area (Å²) in [6.07, 6.45) is 3.79. The van der Waals surface area contributed by atoms with Crippen LogP contribution in [0.25, 0.3) is 0 Å². The van der Waals surface area contributed by atoms with Gasteiger partial charge in [-0.3, -0.25) is 0 Å². The van der Waals surface area contributed by atoms with Gasteiger partial charge in [-0.05, 0) is 50.3 Å². The Balaban J connectivity index is 1.95. The van der Waals surface area contributed by atoms with Crippen LogP contribution in [-0.4, -0.2) is 43.7 Å². The molecule has 0 saturated heterocycles. The van der Waals surface area contributed by atoms with Gasteiger partial charge in [0.25, 0.3) is 0 Å². The first-order valence-corrected chi connectivity index (χ1v) is 9.78. The monoisotopic (exact) mass is 330 g/mol. The molecule has 1 unspecified atom stereocenters. The van der Waals surface area contributed by atoms with E-state index in [9.17, 15) is 13.5 Å². The number of anilines is 1. The maximum Gasteiger partial charge on any atom is 0.240 e. The van der Waals surface area contributed by atoms with Gasteiger partial charge in [-0.25, -0.2) is 13.1 Å². The quantitative estimate of drug-likeness (QED) is 0.675. The molecule has 0 aliphatic heterocycles. The predicted octanol–water partition coefficient (Wildman–Crippen LogP) is 1.65. The maximum absolute atomic E-state index is 12.0. The van der Waals surface area contributed by atoms with Crippen LogP contribution in [-0.2, 0) is 10.0 Å². The van der Waals surface area contributed by atoms with Crippen molar-refractivity contribution in [1.29, 1.82) is 0 Å². The highest BCUT2D eigenvalue weighted by molar-refractivity contribution is 7.98. The van der Waals surface area contributed by atoms with E-state index in [-0.39, 0.29) is 10.9 Å². The lowest BCUT2D eigenvalue weighted by Crippen LogP contribution is -2.36. The van der Waals surface area contributed by atoms with E-state index in [1.54, 1.807) is 43.0 Å². The van der Waals surface area contributed by atoms with Crippen LogP contribution < -0.4 is 10.0 Å². The highest BCUT2D eigenvalue weighted by Crippen LogP contribution is 2.23. The third kappa shape index (κ3) is 5.18. The molecule has 118 valence electrons. The van der Waals surface area contributed by atoms with E-state index in [4.69, 9.17) is 0 Å². The van der Waals surface area contributed by atoms with Crippen molar-refractivity contribution in [3.63, 3.8) is 0 Å². The van der Waals surface area contributed by atoms with Gasteiger partial charge < -0.3 is 10.4 Å². The van der Waals surface area contributed by atoms with Gasteiger partial charge in [0.1, 0.15) is 0 Å². The number of thioether (sulfide) groups is 1. The fraction of sp³-hybridized carbons (Fsp3) is 0.571. The summed E-state index contributed by atoms with van der Waals surface area (Å²) < 4.78 is 26.7. The second-order valence-corrected chi connectivity index (χ2v) is 8.28. The molecule has 1 aliphatic rings. The number of sulfonamides is 1. The van der Waals surface area contributed by atoms with Gasteiger partial charge in [-0.15, -0.1) is 0 Å². The second kappa shape index (κ2) is 6.56. The molecule has 1 aromatic rings. The Morgan fingerprint density at radius 3 is 2.48 bits per heavy atom. The van der Waals surface area contributed by atoms with Crippen molar-refractivity contribution < 1.29 is 13.5 Å². The highest BCUT2D eigenvalue weighted by Gasteiger charge is 2.27. The van der Waals surface area contributed by atoms with E-state index >= 15 is 0 Å². The van der Waals surface area contributed by atoms with Crippen LogP contribution in [0.3, 0.4) is 0 Å². The zero-order valence-electron chi connectivity index (χ0n) is 12.3. The van der Waals surface area contributed by atoms with Crippen molar-refractivity contribution in [2.24, 2.45) is 0 Å². The van der Waals surface area contributed by atoms with Gasteiger partial charge >= 0.3 is 0 Å². The lowest BCUT2D eigenvalue weighted by Gasteiger charge is -2.23. The minimum atomic E-state index is -3.40. The van der Waals surface area contributed by atoms with E-state index in [0.29, 0.717) is 12.3 Å². The normalized spacial score (nSPS) is 18.2. The summed E-state index contributed by atoms with van der Waals surface area (Å²) in [4.78, 5) is 0.274. The van der Waals surface area contributed by atoms with E-state index in [1.807, 2.05) is 6.26 Å². The molecular formula is C14H22N2O3S2. The molecule has 0 bridgehead atoms. The largest absolute Gasteiger partial charge is 0.387 e. The zero-order chi connectivity index (χ0) is 15.5. The van der Waals surface area contributed by atoms with Crippen molar-refractivity contribution >= 4 is 27.5 Å². The molecular weight excluding hydrogens is 308 g/mol. The van der Waals surface area contributed by atoms with Crippen molar-refractivity contribution in [3.05, 3.63) is 24.3 Å². The van der Waals surface area contributed by atoms with Crippen molar-refractivity contribution in [2.75, 3.05) is 23.9 Å². The van der Waals surface area contributed by atoms with Gasteiger partial charge in [0, 0.05) is 24.0 Å². The predicted molar refractivity (Wildman–Crippen MR) is 87.3 cm³/mol. The summed E-state index contributed by atoms with van der Waals surface area (Å²) in [5, 5.41) is 13.2. The summed E-state index contributed by atoms with van der Waals surface area (Å²) in [5.74, 6) is 0.637. The molecule has 0 radical (unpaired) electrons. The number of nitrogens with one attached hydrogen (secondary N) is 2. The third-order valence-corrected chi connectivity index (χ3v) is 5.64. The topological polar surface area (TPSA) is 78.4 Å². The molecule has 1 saturated carbocycles. The van der Waals surface area contributed by atoms with E-state index < -0.39 is 15.6 Å². The number of hydrogen-bond donors (Lipinski definition) is 3. The Kier molecular flexibility index (Phi) is 5.19. The molecule has 0 spiro atoms. The molecule has 21 heavy (non-hydrogen) atoms. The maximum atomic E-state index is 12.0. The van der Waals surface area contributed by atoms with Crippen molar-refractivity contribution in [1.82, 2.24) is 4.72 Å². The Hall–Kier alpha value is -0.760. The summed E-state index contributed by atoms with van der Waals surface area (Å²) >= 11 is 1.58. The summed E-state index contributed by atoms with van der Waals surface area (Å²) in [5.41, 5.74) is -0.000668. The van der Waals surface area contributed by atoms with Crippen molar-refractivity contribution in [2.45, 2.75) is 36.3 Å². The standard InChI is InChI=1S/C14H22N2O3S2/c1-14(17,10-20-2)9-15-11-5-7-13(8-6-11)21(18,19)16-12-3-4-12/h5-8,12,15-17H,3-4,9-10H2,1-2H3. The Bertz CT molecular complexity index is 566. The molecule has 1 atom stereocenters. The first-order valence-electron chi connectivity index (χ1n) is 6.90. The molecule has 0 aromatic heterocycles. The minimum absolute atomic E-state index is 0.106. The Morgan fingerprint density at radius 1 is 1.33 bits per heavy atom. The molecule has 1 fully saturated rings. The zero-order valence-corrected chi connectivity index (χ0v) is 13.9. The number of hydrogen-bond acceptors (Lipinski definition) is 5. The number of rotatable bonds is 8. The summed E-state index contributed by atoms with van der Waals surface area (Å²) in [6, 6.07) is 6.70. The molecule has 3 N–H and O–H groups in total. The number of aliphatic hydroxyl groups is 1. The SMILES string of the molecule is CSCC(C)(O)CNc1ccc(S(=O)(=O)NC2CC2)cc1. The van der Waals surface area contributed by atoms with Crippen LogP contribution in [0, 0.1) is 0 Å². The molecule has 0 amide bonds. The molecule has 5 nitrogen and oxygen atoms in total. The minimum Gasteiger partial charge on any atom is -0.387 e. The van der Waals surface area contributed by atoms with E-state index in [1.165, 1.54) is 0 Å². The van der Waals surface area contributed by atoms with Crippen LogP contribution in [0.5, 0.6) is 0 Å². The van der Waals surface area contributed by atoms with Gasteiger partial charge in [0.15, 0.2) is 0 Å². The average molecular weight is 330 g/mol. The van der Waals surface area contributed by atoms with Crippen LogP contribution in [0.2, 0.25) is 0 Å². The van der Waals surface area contributed by atoms with Crippen LogP contribution in [0.4, 0.5) is 5.69 Å². The van der Waals surface area contributed by atoms with Crippen LogP contribution in [0.1, 0.15) is 19.8 Å². The first kappa shape index (κ1) is 16.6. The molecule has 1 aromatic carbocycles. The first-order chi connectivity index (χ1) is 9.82. The third-order valence-electron chi connectivity index (χ3n) is 3.19. The molecule has 2 rings (SSSR count). The van der Waals surface area contributed by atoms with Gasteiger partial charge in [-0.1, -0.05) is 0 Å². The fourth-order valence-corrected chi connectivity index (χ4v) is 3.92. The van der Waals surface area contributed by atoms with Crippen molar-refractivity contribution in [3.8, 4) is 0 Å². The molecule has 0 heterocycles. The Labute approximate surface area is 130 Å². The van der Waals surface area contributed by atoms with Gasteiger partial charge in [0.2, 0.25) is 10.0 Å². The average Bonchev–Trinajstić information content (AvgIpc) is 3.20. The summed E-state index contributed by atoms with van der Waals surface area (Å²) in [7, 11) is -3.40. The smallest absolute Gasteiger partial charge is 0.240 e. The lowest BCUT2D eigenvalue weighted by atomic mass is 10.1. The number of benzene rings is 1. The van der Waals surface area contributed by atoms with Gasteiger partial charge in [0.05, 0.1) is 10.5 Å². The summed E-state index contributed by atoms with van der Waals surface area (Å²) in [6.45, 7) is 2.19. The second-order valence-electron chi connectivity index (χ2n) is 5.70. The Morgan fingerprint density at radius 2 is 1.95 bits per heavy atom. The highest BCUT2D eigenvalue weighted by atomic mass is 32.2. The van der Waals surface area contributed by atoms with E-state index in [0.717, 1.165) is 18.5 Å². The van der Waals surface area contributed by atoms with Crippen LogP contribution in [0.15, 0.2) is 29.2 Å². The lowest BCUT2D eigenvalue weighted by molar-refractivity contribution is 0.0997. The van der Waals surface area contributed by atoms with Crippen LogP contribution >= 0.6 is 11.8 Å². The van der Waals surface area contributed by atoms with E-state index in [2.05, 4.69) is 10.0 Å². The molecule has 7 heteroatoms. The fourth-order valence-electron chi connectivity index (χ4n) is 1.90.